The van der Waals surface area contributed by atoms with E-state index in [0.29, 0.717) is 12.5 Å². The van der Waals surface area contributed by atoms with Crippen molar-refractivity contribution in [2.24, 2.45) is 5.92 Å². The number of nitrogens with zero attached hydrogens (tertiary/aromatic N) is 3. The maximum Gasteiger partial charge on any atom is 0.143 e. The summed E-state index contributed by atoms with van der Waals surface area (Å²) in [6.45, 7) is 3.88. The largest absolute Gasteiger partial charge is 0.383 e. The Bertz CT molecular complexity index is 367. The summed E-state index contributed by atoms with van der Waals surface area (Å²) < 4.78 is 7.39. The highest BCUT2D eigenvalue weighted by molar-refractivity contribution is 9.08. The van der Waals surface area contributed by atoms with Crippen LogP contribution in [0.2, 0.25) is 0 Å². The lowest BCUT2D eigenvalue weighted by molar-refractivity contribution is 0.184. The molecule has 96 valence electrons. The number of aromatic nitrogens is 3. The lowest BCUT2D eigenvalue weighted by Gasteiger charge is -2.16. The van der Waals surface area contributed by atoms with Crippen LogP contribution >= 0.6 is 15.9 Å². The Balaban J connectivity index is 2.23. The van der Waals surface area contributed by atoms with E-state index >= 15 is 0 Å². The third-order valence-corrected chi connectivity index (χ3v) is 4.19. The van der Waals surface area contributed by atoms with Crippen molar-refractivity contribution < 1.29 is 4.74 Å². The topological polar surface area (TPSA) is 39.9 Å². The van der Waals surface area contributed by atoms with Crippen LogP contribution in [0.15, 0.2) is 0 Å². The third kappa shape index (κ3) is 2.71. The van der Waals surface area contributed by atoms with Crippen LogP contribution in [0.5, 0.6) is 0 Å². The summed E-state index contributed by atoms with van der Waals surface area (Å²) in [7, 11) is 1.73. The normalized spacial score (nSPS) is 24.4. The summed E-state index contributed by atoms with van der Waals surface area (Å²) in [6, 6.07) is 0. The van der Waals surface area contributed by atoms with Gasteiger partial charge in [0.15, 0.2) is 0 Å². The molecule has 17 heavy (non-hydrogen) atoms. The Morgan fingerprint density at radius 2 is 2.24 bits per heavy atom. The molecular formula is C12H20BrN3O. The van der Waals surface area contributed by atoms with Crippen LogP contribution in [0, 0.1) is 5.92 Å². The predicted molar refractivity (Wildman–Crippen MR) is 70.3 cm³/mol. The average molecular weight is 302 g/mol. The van der Waals surface area contributed by atoms with E-state index in [4.69, 9.17) is 4.74 Å². The van der Waals surface area contributed by atoms with E-state index in [-0.39, 0.29) is 0 Å². The standard InChI is InChI=1S/C12H20BrN3O/c1-9-4-3-5-10(9)12-15-14-11(8-13)16(12)6-7-17-2/h9-10H,3-8H2,1-2H3. The van der Waals surface area contributed by atoms with Crippen LogP contribution in [-0.2, 0) is 16.6 Å². The number of hydrogen-bond donors (Lipinski definition) is 0. The van der Waals surface area contributed by atoms with Gasteiger partial charge in [-0.05, 0) is 18.8 Å². The maximum atomic E-state index is 5.17. The third-order valence-electron chi connectivity index (χ3n) is 3.69. The van der Waals surface area contributed by atoms with Crippen molar-refractivity contribution in [3.63, 3.8) is 0 Å². The Morgan fingerprint density at radius 1 is 1.41 bits per heavy atom. The molecule has 0 saturated heterocycles. The highest BCUT2D eigenvalue weighted by Gasteiger charge is 2.29. The van der Waals surface area contributed by atoms with E-state index in [1.54, 1.807) is 7.11 Å². The first kappa shape index (κ1) is 13.0. The molecule has 5 heteroatoms. The quantitative estimate of drug-likeness (QED) is 0.785. The molecule has 0 aliphatic heterocycles. The molecule has 2 atom stereocenters. The van der Waals surface area contributed by atoms with Gasteiger partial charge in [0.2, 0.25) is 0 Å². The number of ether oxygens (including phenoxy) is 1. The lowest BCUT2D eigenvalue weighted by atomic mass is 9.97. The first-order valence-electron chi connectivity index (χ1n) is 6.24. The van der Waals surface area contributed by atoms with Gasteiger partial charge in [0.05, 0.1) is 11.9 Å². The van der Waals surface area contributed by atoms with E-state index in [1.807, 2.05) is 0 Å². The Hall–Kier alpha value is -0.420. The number of alkyl halides is 1. The molecule has 0 N–H and O–H groups in total. The molecule has 4 nitrogen and oxygen atoms in total. The van der Waals surface area contributed by atoms with Gasteiger partial charge in [-0.15, -0.1) is 10.2 Å². The smallest absolute Gasteiger partial charge is 0.143 e. The zero-order chi connectivity index (χ0) is 12.3. The van der Waals surface area contributed by atoms with Gasteiger partial charge in [0, 0.05) is 19.6 Å². The van der Waals surface area contributed by atoms with Crippen molar-refractivity contribution >= 4 is 15.9 Å². The molecule has 1 aromatic heterocycles. The summed E-state index contributed by atoms with van der Waals surface area (Å²) >= 11 is 3.47. The van der Waals surface area contributed by atoms with Crippen LogP contribution in [0.25, 0.3) is 0 Å². The second kappa shape index (κ2) is 5.96. The number of halogens is 1. The van der Waals surface area contributed by atoms with Crippen LogP contribution in [0.3, 0.4) is 0 Å². The van der Waals surface area contributed by atoms with Crippen LogP contribution in [0.4, 0.5) is 0 Å². The minimum atomic E-state index is 0.576. The van der Waals surface area contributed by atoms with Crippen molar-refractivity contribution in [1.82, 2.24) is 14.8 Å². The Kier molecular flexibility index (Phi) is 4.56. The highest BCUT2D eigenvalue weighted by atomic mass is 79.9. The Morgan fingerprint density at radius 3 is 2.82 bits per heavy atom. The molecule has 1 saturated carbocycles. The molecule has 0 bridgehead atoms. The molecule has 0 amide bonds. The minimum absolute atomic E-state index is 0.576. The first-order valence-corrected chi connectivity index (χ1v) is 7.37. The van der Waals surface area contributed by atoms with Crippen molar-refractivity contribution in [3.05, 3.63) is 11.6 Å². The van der Waals surface area contributed by atoms with Gasteiger partial charge < -0.3 is 9.30 Å². The molecule has 1 aliphatic rings. The molecule has 1 aromatic rings. The fourth-order valence-electron chi connectivity index (χ4n) is 2.68. The van der Waals surface area contributed by atoms with Gasteiger partial charge in [-0.1, -0.05) is 29.3 Å². The van der Waals surface area contributed by atoms with Gasteiger partial charge in [-0.3, -0.25) is 0 Å². The molecule has 1 aliphatic carbocycles. The molecule has 2 unspecified atom stereocenters. The predicted octanol–water partition coefficient (Wildman–Crippen LogP) is 2.72. The first-order chi connectivity index (χ1) is 8.27. The van der Waals surface area contributed by atoms with Crippen LogP contribution < -0.4 is 0 Å². The SMILES string of the molecule is COCCn1c(CBr)nnc1C1CCCC1C. The van der Waals surface area contributed by atoms with Crippen LogP contribution in [0.1, 0.15) is 43.8 Å². The fraction of sp³-hybridized carbons (Fsp3) is 0.833. The van der Waals surface area contributed by atoms with Crippen molar-refractivity contribution in [2.75, 3.05) is 13.7 Å². The monoisotopic (exact) mass is 301 g/mol. The highest BCUT2D eigenvalue weighted by Crippen LogP contribution is 2.38. The number of hydrogen-bond acceptors (Lipinski definition) is 3. The average Bonchev–Trinajstić information content (AvgIpc) is 2.91. The molecule has 0 radical (unpaired) electrons. The zero-order valence-electron chi connectivity index (χ0n) is 10.5. The minimum Gasteiger partial charge on any atom is -0.383 e. The van der Waals surface area contributed by atoms with Gasteiger partial charge in [0.25, 0.3) is 0 Å². The van der Waals surface area contributed by atoms with E-state index in [2.05, 4.69) is 37.6 Å². The van der Waals surface area contributed by atoms with Crippen molar-refractivity contribution in [1.29, 1.82) is 0 Å². The van der Waals surface area contributed by atoms with Gasteiger partial charge in [0.1, 0.15) is 11.6 Å². The molecule has 2 rings (SSSR count). The van der Waals surface area contributed by atoms with E-state index in [1.165, 1.54) is 19.3 Å². The second-order valence-corrected chi connectivity index (χ2v) is 5.33. The lowest BCUT2D eigenvalue weighted by Crippen LogP contribution is -2.15. The van der Waals surface area contributed by atoms with Crippen molar-refractivity contribution in [2.45, 2.75) is 44.0 Å². The maximum absolute atomic E-state index is 5.17. The summed E-state index contributed by atoms with van der Waals surface area (Å²) in [5, 5.41) is 9.43. The number of methoxy groups -OCH3 is 1. The van der Waals surface area contributed by atoms with Crippen LogP contribution in [-0.4, -0.2) is 28.5 Å². The molecule has 1 heterocycles. The fourth-order valence-corrected chi connectivity index (χ4v) is 3.09. The summed E-state index contributed by atoms with van der Waals surface area (Å²) in [5.74, 6) is 3.47. The molecular weight excluding hydrogens is 282 g/mol. The van der Waals surface area contributed by atoms with Crippen molar-refractivity contribution in [3.8, 4) is 0 Å². The summed E-state index contributed by atoms with van der Waals surface area (Å²) in [5.41, 5.74) is 0. The summed E-state index contributed by atoms with van der Waals surface area (Å²) in [6.07, 6.45) is 3.87. The molecule has 0 spiro atoms. The second-order valence-electron chi connectivity index (χ2n) is 4.77. The van der Waals surface area contributed by atoms with Gasteiger partial charge >= 0.3 is 0 Å². The van der Waals surface area contributed by atoms with Gasteiger partial charge in [-0.2, -0.15) is 0 Å². The summed E-state index contributed by atoms with van der Waals surface area (Å²) in [4.78, 5) is 0. The Labute approximate surface area is 111 Å². The van der Waals surface area contributed by atoms with E-state index in [9.17, 15) is 0 Å². The van der Waals surface area contributed by atoms with E-state index < -0.39 is 0 Å². The number of rotatable bonds is 5. The van der Waals surface area contributed by atoms with E-state index in [0.717, 1.165) is 29.4 Å². The zero-order valence-corrected chi connectivity index (χ0v) is 12.1. The molecule has 1 fully saturated rings. The van der Waals surface area contributed by atoms with Gasteiger partial charge in [-0.25, -0.2) is 0 Å². The molecule has 0 aromatic carbocycles.